The van der Waals surface area contributed by atoms with E-state index in [1.54, 1.807) is 0 Å². The molecule has 0 atom stereocenters. The van der Waals surface area contributed by atoms with E-state index in [0.717, 1.165) is 13.1 Å². The first-order valence-corrected chi connectivity index (χ1v) is 12.1. The summed E-state index contributed by atoms with van der Waals surface area (Å²) < 4.78 is 3.86. The smallest absolute Gasteiger partial charge is 0.271 e. The zero-order valence-corrected chi connectivity index (χ0v) is 13.3. The lowest BCUT2D eigenvalue weighted by Crippen LogP contribution is -2.75. The molecule has 0 saturated carbocycles. The molecular formula is C10H29N3Si2. The molecule has 15 heavy (non-hydrogen) atoms. The Hall–Kier alpha value is 0.314. The van der Waals surface area contributed by atoms with Gasteiger partial charge in [-0.15, -0.1) is 0 Å². The lowest BCUT2D eigenvalue weighted by atomic mass is 10.5. The van der Waals surface area contributed by atoms with Crippen molar-refractivity contribution in [2.45, 2.75) is 52.9 Å². The van der Waals surface area contributed by atoms with Gasteiger partial charge in [0.2, 0.25) is 0 Å². The summed E-state index contributed by atoms with van der Waals surface area (Å²) in [6.07, 6.45) is 2.40. The lowest BCUT2D eigenvalue weighted by molar-refractivity contribution is 0.753. The van der Waals surface area contributed by atoms with E-state index in [1.165, 1.54) is 12.8 Å². The minimum atomic E-state index is -1.62. The highest BCUT2D eigenvalue weighted by atomic mass is 28.4. The largest absolute Gasteiger partial charge is 0.335 e. The predicted molar refractivity (Wildman–Crippen MR) is 74.7 cm³/mol. The third-order valence-electron chi connectivity index (χ3n) is 2.08. The van der Waals surface area contributed by atoms with Crippen LogP contribution >= 0.6 is 0 Å². The van der Waals surface area contributed by atoms with Gasteiger partial charge < -0.3 is 14.6 Å². The van der Waals surface area contributed by atoms with Gasteiger partial charge in [-0.3, -0.25) is 0 Å². The SMILES string of the molecule is CCCN[Si](C)(NCCC)N[Si](C)(C)C. The maximum Gasteiger partial charge on any atom is 0.271 e. The highest BCUT2D eigenvalue weighted by molar-refractivity contribution is 6.88. The molecule has 0 heterocycles. The second kappa shape index (κ2) is 6.80. The van der Waals surface area contributed by atoms with Crippen LogP contribution in [0.1, 0.15) is 26.7 Å². The number of rotatable bonds is 8. The molecule has 0 amide bonds. The van der Waals surface area contributed by atoms with Gasteiger partial charge in [0.1, 0.15) is 8.24 Å². The first kappa shape index (κ1) is 15.3. The average molecular weight is 248 g/mol. The molecule has 0 unspecified atom stereocenters. The third kappa shape index (κ3) is 8.16. The number of hydrogen-bond donors (Lipinski definition) is 3. The lowest BCUT2D eigenvalue weighted by Gasteiger charge is -2.36. The van der Waals surface area contributed by atoms with Crippen molar-refractivity contribution in [2.24, 2.45) is 0 Å². The van der Waals surface area contributed by atoms with Gasteiger partial charge in [0.05, 0.1) is 0 Å². The summed E-state index contributed by atoms with van der Waals surface area (Å²) in [5, 5.41) is 0. The Morgan fingerprint density at radius 1 is 0.800 bits per heavy atom. The molecule has 0 fully saturated rings. The van der Waals surface area contributed by atoms with Crippen molar-refractivity contribution in [3.8, 4) is 0 Å². The van der Waals surface area contributed by atoms with E-state index in [4.69, 9.17) is 0 Å². The van der Waals surface area contributed by atoms with E-state index in [2.05, 4.69) is 54.6 Å². The van der Waals surface area contributed by atoms with Gasteiger partial charge in [-0.2, -0.15) is 0 Å². The van der Waals surface area contributed by atoms with Crippen molar-refractivity contribution in [3.63, 3.8) is 0 Å². The molecular weight excluding hydrogens is 218 g/mol. The summed E-state index contributed by atoms with van der Waals surface area (Å²) in [6, 6.07) is 0. The molecule has 0 radical (unpaired) electrons. The summed E-state index contributed by atoms with van der Waals surface area (Å²) >= 11 is 0. The third-order valence-corrected chi connectivity index (χ3v) is 9.00. The molecule has 0 aromatic heterocycles. The van der Waals surface area contributed by atoms with Crippen LogP contribution in [0.4, 0.5) is 0 Å². The molecule has 0 saturated heterocycles. The fourth-order valence-electron chi connectivity index (χ4n) is 1.65. The van der Waals surface area contributed by atoms with E-state index >= 15 is 0 Å². The van der Waals surface area contributed by atoms with Crippen LogP contribution in [0.3, 0.4) is 0 Å². The van der Waals surface area contributed by atoms with Gasteiger partial charge in [0, 0.05) is 0 Å². The topological polar surface area (TPSA) is 36.1 Å². The Morgan fingerprint density at radius 3 is 1.47 bits per heavy atom. The van der Waals surface area contributed by atoms with E-state index in [0.29, 0.717) is 0 Å². The van der Waals surface area contributed by atoms with Crippen molar-refractivity contribution in [2.75, 3.05) is 13.1 Å². The van der Waals surface area contributed by atoms with Gasteiger partial charge in [-0.1, -0.05) is 33.5 Å². The van der Waals surface area contributed by atoms with E-state index in [1.807, 2.05) is 0 Å². The Labute approximate surface area is 97.8 Å². The fourth-order valence-corrected chi connectivity index (χ4v) is 9.98. The highest BCUT2D eigenvalue weighted by Gasteiger charge is 2.31. The van der Waals surface area contributed by atoms with Crippen LogP contribution in [0.15, 0.2) is 0 Å². The molecule has 0 aliphatic rings. The van der Waals surface area contributed by atoms with Gasteiger partial charge >= 0.3 is 0 Å². The van der Waals surface area contributed by atoms with Crippen LogP contribution in [0.5, 0.6) is 0 Å². The molecule has 0 bridgehead atoms. The summed E-state index contributed by atoms with van der Waals surface area (Å²) in [5.41, 5.74) is 0. The van der Waals surface area contributed by atoms with Gasteiger partial charge in [-0.25, -0.2) is 0 Å². The molecule has 5 heteroatoms. The number of nitrogens with one attached hydrogen (secondary N) is 3. The monoisotopic (exact) mass is 247 g/mol. The van der Waals surface area contributed by atoms with Crippen LogP contribution in [-0.2, 0) is 0 Å². The molecule has 3 N–H and O–H groups in total. The first-order chi connectivity index (χ1) is 6.83. The molecule has 0 spiro atoms. The number of hydrogen-bond acceptors (Lipinski definition) is 3. The van der Waals surface area contributed by atoms with Crippen molar-refractivity contribution in [1.82, 2.24) is 14.6 Å². The van der Waals surface area contributed by atoms with Crippen LogP contribution in [0, 0.1) is 0 Å². The molecule has 3 nitrogen and oxygen atoms in total. The molecule has 0 rings (SSSR count). The Kier molecular flexibility index (Phi) is 6.94. The summed E-state index contributed by atoms with van der Waals surface area (Å²) in [6.45, 7) is 16.1. The van der Waals surface area contributed by atoms with E-state index in [-0.39, 0.29) is 0 Å². The van der Waals surface area contributed by atoms with Crippen LogP contribution < -0.4 is 14.6 Å². The minimum absolute atomic E-state index is 1.11. The molecule has 92 valence electrons. The van der Waals surface area contributed by atoms with Crippen molar-refractivity contribution in [3.05, 3.63) is 0 Å². The zero-order chi connectivity index (χ0) is 11.9. The Bertz CT molecular complexity index is 161. The first-order valence-electron chi connectivity index (χ1n) is 6.12. The highest BCUT2D eigenvalue weighted by Crippen LogP contribution is 2.00. The van der Waals surface area contributed by atoms with Gasteiger partial charge in [0.25, 0.3) is 8.56 Å². The summed E-state index contributed by atoms with van der Waals surface area (Å²) in [5.74, 6) is 0. The van der Waals surface area contributed by atoms with Gasteiger partial charge in [-0.05, 0) is 32.5 Å². The standard InChI is InChI=1S/C10H29N3Si2/c1-7-9-11-15(6,12-10-8-2)13-14(3,4)5/h11-13H,7-10H2,1-6H3. The Balaban J connectivity index is 4.26. The van der Waals surface area contributed by atoms with Crippen LogP contribution in [-0.4, -0.2) is 29.9 Å². The minimum Gasteiger partial charge on any atom is -0.335 e. The van der Waals surface area contributed by atoms with Crippen LogP contribution in [0.25, 0.3) is 0 Å². The summed E-state index contributed by atoms with van der Waals surface area (Å²) in [4.78, 5) is 7.38. The molecule has 0 aromatic rings. The maximum atomic E-state index is 3.86. The van der Waals surface area contributed by atoms with Gasteiger partial charge in [0.15, 0.2) is 0 Å². The average Bonchev–Trinajstić information content (AvgIpc) is 2.09. The normalized spacial score (nSPS) is 13.2. The Morgan fingerprint density at radius 2 is 1.20 bits per heavy atom. The van der Waals surface area contributed by atoms with E-state index < -0.39 is 16.8 Å². The molecule has 0 aliphatic carbocycles. The van der Waals surface area contributed by atoms with Crippen molar-refractivity contribution >= 4 is 16.8 Å². The maximum absolute atomic E-state index is 3.86. The summed E-state index contributed by atoms with van der Waals surface area (Å²) in [7, 11) is -2.82. The fraction of sp³-hybridized carbons (Fsp3) is 1.00. The van der Waals surface area contributed by atoms with Crippen molar-refractivity contribution in [1.29, 1.82) is 0 Å². The van der Waals surface area contributed by atoms with Crippen molar-refractivity contribution < 1.29 is 0 Å². The predicted octanol–water partition coefficient (Wildman–Crippen LogP) is 1.98. The zero-order valence-electron chi connectivity index (χ0n) is 11.3. The van der Waals surface area contributed by atoms with E-state index in [9.17, 15) is 0 Å². The molecule has 0 aliphatic heterocycles. The second-order valence-corrected chi connectivity index (χ2v) is 13.8. The van der Waals surface area contributed by atoms with Crippen LogP contribution in [0.2, 0.25) is 26.2 Å². The second-order valence-electron chi connectivity index (χ2n) is 5.35. The molecule has 0 aromatic carbocycles. The quantitative estimate of drug-likeness (QED) is 0.574.